The maximum Gasteiger partial charge on any atom is 0.227 e. The lowest BCUT2D eigenvalue weighted by molar-refractivity contribution is -0.137. The first-order chi connectivity index (χ1) is 9.20. The molecule has 1 amide bonds. The fourth-order valence-corrected chi connectivity index (χ4v) is 2.51. The highest BCUT2D eigenvalue weighted by atomic mass is 16.3. The number of aliphatic hydroxyl groups excluding tert-OH is 1. The fourth-order valence-electron chi connectivity index (χ4n) is 2.51. The predicted octanol–water partition coefficient (Wildman–Crippen LogP) is 0.787. The lowest BCUT2D eigenvalue weighted by Crippen LogP contribution is -2.45. The molecule has 0 saturated carbocycles. The Morgan fingerprint density at radius 2 is 1.95 bits per heavy atom. The van der Waals surface area contributed by atoms with Crippen molar-refractivity contribution in [3.05, 3.63) is 35.9 Å². The fraction of sp³-hybridized carbons (Fsp3) is 0.533. The monoisotopic (exact) mass is 262 g/mol. The Morgan fingerprint density at radius 3 is 2.53 bits per heavy atom. The molecule has 1 unspecified atom stereocenters. The van der Waals surface area contributed by atoms with E-state index in [1.54, 1.807) is 0 Å². The number of nitrogens with two attached hydrogens (primary N) is 1. The summed E-state index contributed by atoms with van der Waals surface area (Å²) in [5.41, 5.74) is 6.90. The SMILES string of the molecule is NCC(Cc1ccccc1)C(=O)N1CCC(O)CC1. The molecule has 4 nitrogen and oxygen atoms in total. The van der Waals surface area contributed by atoms with Gasteiger partial charge in [0.1, 0.15) is 0 Å². The highest BCUT2D eigenvalue weighted by Crippen LogP contribution is 2.16. The molecule has 2 rings (SSSR count). The van der Waals surface area contributed by atoms with Crippen molar-refractivity contribution in [2.75, 3.05) is 19.6 Å². The van der Waals surface area contributed by atoms with Gasteiger partial charge in [0.05, 0.1) is 12.0 Å². The van der Waals surface area contributed by atoms with Crippen LogP contribution in [-0.2, 0) is 11.2 Å². The summed E-state index contributed by atoms with van der Waals surface area (Å²) < 4.78 is 0. The van der Waals surface area contributed by atoms with Crippen LogP contribution in [0.1, 0.15) is 18.4 Å². The van der Waals surface area contributed by atoms with Crippen molar-refractivity contribution in [2.45, 2.75) is 25.4 Å². The first-order valence-corrected chi connectivity index (χ1v) is 6.91. The third-order valence-corrected chi connectivity index (χ3v) is 3.73. The van der Waals surface area contributed by atoms with Crippen molar-refractivity contribution in [1.29, 1.82) is 0 Å². The zero-order chi connectivity index (χ0) is 13.7. The average Bonchev–Trinajstić information content (AvgIpc) is 2.46. The molecule has 1 aromatic carbocycles. The van der Waals surface area contributed by atoms with Crippen LogP contribution in [0.5, 0.6) is 0 Å². The molecule has 19 heavy (non-hydrogen) atoms. The Kier molecular flexibility index (Phi) is 4.93. The van der Waals surface area contributed by atoms with Crippen molar-refractivity contribution in [1.82, 2.24) is 4.90 Å². The second kappa shape index (κ2) is 6.68. The van der Waals surface area contributed by atoms with E-state index in [0.29, 0.717) is 38.9 Å². The minimum absolute atomic E-state index is 0.123. The molecule has 1 saturated heterocycles. The Labute approximate surface area is 114 Å². The molecular formula is C15H22N2O2. The minimum atomic E-state index is -0.255. The maximum atomic E-state index is 12.4. The summed E-state index contributed by atoms with van der Waals surface area (Å²) in [6.07, 6.45) is 1.78. The number of carbonyl (C=O) groups is 1. The molecule has 1 fully saturated rings. The van der Waals surface area contributed by atoms with Gasteiger partial charge in [0, 0.05) is 19.6 Å². The molecule has 0 aromatic heterocycles. The summed E-state index contributed by atoms with van der Waals surface area (Å²) in [7, 11) is 0. The summed E-state index contributed by atoms with van der Waals surface area (Å²) in [5, 5.41) is 9.48. The van der Waals surface area contributed by atoms with Crippen molar-refractivity contribution >= 4 is 5.91 Å². The molecular weight excluding hydrogens is 240 g/mol. The topological polar surface area (TPSA) is 66.6 Å². The van der Waals surface area contributed by atoms with Gasteiger partial charge >= 0.3 is 0 Å². The number of rotatable bonds is 4. The number of likely N-dealkylation sites (tertiary alicyclic amines) is 1. The van der Waals surface area contributed by atoms with Crippen LogP contribution in [0.15, 0.2) is 30.3 Å². The largest absolute Gasteiger partial charge is 0.393 e. The van der Waals surface area contributed by atoms with Gasteiger partial charge in [-0.3, -0.25) is 4.79 Å². The Bertz CT molecular complexity index is 400. The summed E-state index contributed by atoms with van der Waals surface area (Å²) in [6.45, 7) is 1.66. The quantitative estimate of drug-likeness (QED) is 0.843. The summed E-state index contributed by atoms with van der Waals surface area (Å²) in [6, 6.07) is 9.97. The number of nitrogens with zero attached hydrogens (tertiary/aromatic N) is 1. The lowest BCUT2D eigenvalue weighted by atomic mass is 9.96. The van der Waals surface area contributed by atoms with E-state index in [9.17, 15) is 9.90 Å². The molecule has 1 aromatic rings. The lowest BCUT2D eigenvalue weighted by Gasteiger charge is -2.32. The minimum Gasteiger partial charge on any atom is -0.393 e. The molecule has 0 radical (unpaired) electrons. The van der Waals surface area contributed by atoms with Crippen molar-refractivity contribution in [2.24, 2.45) is 11.7 Å². The van der Waals surface area contributed by atoms with Crippen LogP contribution in [0, 0.1) is 5.92 Å². The van der Waals surface area contributed by atoms with Gasteiger partial charge in [0.15, 0.2) is 0 Å². The van der Waals surface area contributed by atoms with E-state index in [1.807, 2.05) is 35.2 Å². The second-order valence-electron chi connectivity index (χ2n) is 5.18. The molecule has 4 heteroatoms. The molecule has 0 spiro atoms. The molecule has 0 bridgehead atoms. The number of benzene rings is 1. The van der Waals surface area contributed by atoms with Gasteiger partial charge in [-0.25, -0.2) is 0 Å². The summed E-state index contributed by atoms with van der Waals surface area (Å²) in [5.74, 6) is -0.0316. The average molecular weight is 262 g/mol. The van der Waals surface area contributed by atoms with E-state index in [2.05, 4.69) is 0 Å². The normalized spacial score (nSPS) is 18.3. The Balaban J connectivity index is 1.95. The van der Waals surface area contributed by atoms with Crippen molar-refractivity contribution < 1.29 is 9.90 Å². The van der Waals surface area contributed by atoms with Gasteiger partial charge in [-0.1, -0.05) is 30.3 Å². The first-order valence-electron chi connectivity index (χ1n) is 6.91. The van der Waals surface area contributed by atoms with Crippen LogP contribution in [-0.4, -0.2) is 41.7 Å². The smallest absolute Gasteiger partial charge is 0.227 e. The van der Waals surface area contributed by atoms with Crippen LogP contribution in [0.25, 0.3) is 0 Å². The molecule has 0 aliphatic carbocycles. The third kappa shape index (κ3) is 3.78. The number of aliphatic hydroxyl groups is 1. The first kappa shape index (κ1) is 14.0. The van der Waals surface area contributed by atoms with Crippen molar-refractivity contribution in [3.8, 4) is 0 Å². The predicted molar refractivity (Wildman–Crippen MR) is 74.5 cm³/mol. The molecule has 3 N–H and O–H groups in total. The van der Waals surface area contributed by atoms with Crippen LogP contribution < -0.4 is 5.73 Å². The van der Waals surface area contributed by atoms with Gasteiger partial charge in [0.25, 0.3) is 0 Å². The van der Waals surface area contributed by atoms with E-state index < -0.39 is 0 Å². The number of amides is 1. The molecule has 1 aliphatic heterocycles. The van der Waals surface area contributed by atoms with Crippen LogP contribution >= 0.6 is 0 Å². The zero-order valence-electron chi connectivity index (χ0n) is 11.2. The van der Waals surface area contributed by atoms with E-state index >= 15 is 0 Å². The Hall–Kier alpha value is -1.39. The van der Waals surface area contributed by atoms with Gasteiger partial charge in [0.2, 0.25) is 5.91 Å². The van der Waals surface area contributed by atoms with Crippen LogP contribution in [0.3, 0.4) is 0 Å². The maximum absolute atomic E-state index is 12.4. The molecule has 104 valence electrons. The van der Waals surface area contributed by atoms with E-state index in [-0.39, 0.29) is 17.9 Å². The molecule has 1 aliphatic rings. The number of piperidine rings is 1. The highest BCUT2D eigenvalue weighted by Gasteiger charge is 2.26. The molecule has 1 heterocycles. The molecule has 1 atom stereocenters. The Morgan fingerprint density at radius 1 is 1.32 bits per heavy atom. The number of hydrogen-bond acceptors (Lipinski definition) is 3. The number of carbonyl (C=O) groups excluding carboxylic acids is 1. The summed E-state index contributed by atoms with van der Waals surface area (Å²) >= 11 is 0. The van der Waals surface area contributed by atoms with E-state index in [0.717, 1.165) is 5.56 Å². The number of hydrogen-bond donors (Lipinski definition) is 2. The summed E-state index contributed by atoms with van der Waals surface area (Å²) in [4.78, 5) is 14.2. The second-order valence-corrected chi connectivity index (χ2v) is 5.18. The van der Waals surface area contributed by atoms with Gasteiger partial charge < -0.3 is 15.7 Å². The van der Waals surface area contributed by atoms with Crippen LogP contribution in [0.4, 0.5) is 0 Å². The standard InChI is InChI=1S/C15H22N2O2/c16-11-13(10-12-4-2-1-3-5-12)15(19)17-8-6-14(18)7-9-17/h1-5,13-14,18H,6-11,16H2. The van der Waals surface area contributed by atoms with Crippen molar-refractivity contribution in [3.63, 3.8) is 0 Å². The van der Waals surface area contributed by atoms with E-state index in [1.165, 1.54) is 0 Å². The van der Waals surface area contributed by atoms with Gasteiger partial charge in [-0.05, 0) is 24.8 Å². The third-order valence-electron chi connectivity index (χ3n) is 3.73. The van der Waals surface area contributed by atoms with Gasteiger partial charge in [-0.2, -0.15) is 0 Å². The van der Waals surface area contributed by atoms with Gasteiger partial charge in [-0.15, -0.1) is 0 Å². The zero-order valence-corrected chi connectivity index (χ0v) is 11.2. The highest BCUT2D eigenvalue weighted by molar-refractivity contribution is 5.79. The van der Waals surface area contributed by atoms with Crippen LogP contribution in [0.2, 0.25) is 0 Å². The van der Waals surface area contributed by atoms with E-state index in [4.69, 9.17) is 5.73 Å².